The molecule has 0 unspecified atom stereocenters. The van der Waals surface area contributed by atoms with Crippen molar-refractivity contribution in [2.75, 3.05) is 38.6 Å². The van der Waals surface area contributed by atoms with Gasteiger partial charge < -0.3 is 10.2 Å². The first kappa shape index (κ1) is 18.5. The Bertz CT molecular complexity index is 733. The van der Waals surface area contributed by atoms with Crippen LogP contribution in [0.4, 0.5) is 5.69 Å². The summed E-state index contributed by atoms with van der Waals surface area (Å²) >= 11 is 0. The molecule has 1 aliphatic rings. The van der Waals surface area contributed by atoms with E-state index in [0.717, 1.165) is 24.2 Å². The van der Waals surface area contributed by atoms with E-state index in [4.69, 9.17) is 0 Å². The second-order valence-corrected chi connectivity index (χ2v) is 7.27. The fraction of sp³-hybridized carbons (Fsp3) is 0.409. The van der Waals surface area contributed by atoms with Crippen LogP contribution in [0.25, 0.3) is 0 Å². The predicted molar refractivity (Wildman–Crippen MR) is 108 cm³/mol. The van der Waals surface area contributed by atoms with E-state index in [1.807, 2.05) is 31.2 Å². The van der Waals surface area contributed by atoms with Gasteiger partial charge >= 0.3 is 0 Å². The van der Waals surface area contributed by atoms with Crippen LogP contribution in [-0.4, -0.2) is 44.5 Å². The number of aryl methyl sites for hydroxylation is 1. The first-order valence-corrected chi connectivity index (χ1v) is 9.41. The molecule has 4 heteroatoms. The Hall–Kier alpha value is -2.33. The summed E-state index contributed by atoms with van der Waals surface area (Å²) in [5.74, 6) is 0.0113. The van der Waals surface area contributed by atoms with Gasteiger partial charge in [-0.05, 0) is 62.2 Å². The van der Waals surface area contributed by atoms with E-state index in [-0.39, 0.29) is 11.9 Å². The molecule has 0 saturated carbocycles. The van der Waals surface area contributed by atoms with E-state index < -0.39 is 0 Å². The number of hydrogen-bond acceptors (Lipinski definition) is 3. The highest BCUT2D eigenvalue weighted by Gasteiger charge is 2.24. The first-order valence-electron chi connectivity index (χ1n) is 9.41. The summed E-state index contributed by atoms with van der Waals surface area (Å²) in [7, 11) is 4.10. The molecular formula is C22H29N3O. The van der Waals surface area contributed by atoms with E-state index >= 15 is 0 Å². The molecular weight excluding hydrogens is 322 g/mol. The smallest absolute Gasteiger partial charge is 0.251 e. The number of nitrogens with zero attached hydrogens (tertiary/aromatic N) is 2. The number of carbonyl (C=O) groups excluding carboxylic acids is 1. The van der Waals surface area contributed by atoms with Crippen molar-refractivity contribution < 1.29 is 4.79 Å². The quantitative estimate of drug-likeness (QED) is 0.863. The van der Waals surface area contributed by atoms with Crippen LogP contribution in [0, 0.1) is 6.92 Å². The average molecular weight is 351 g/mol. The van der Waals surface area contributed by atoms with Crippen molar-refractivity contribution in [3.63, 3.8) is 0 Å². The molecule has 0 bridgehead atoms. The monoisotopic (exact) mass is 351 g/mol. The lowest BCUT2D eigenvalue weighted by Gasteiger charge is -2.28. The minimum absolute atomic E-state index is 0.0113. The van der Waals surface area contributed by atoms with Gasteiger partial charge in [0.1, 0.15) is 0 Å². The van der Waals surface area contributed by atoms with Crippen LogP contribution < -0.4 is 10.2 Å². The van der Waals surface area contributed by atoms with Gasteiger partial charge in [0.2, 0.25) is 0 Å². The SMILES string of the molecule is Cc1ccccc1C(=O)NC[C@H](c1ccc(N(C)C)cc1)N1CCCC1. The van der Waals surface area contributed by atoms with Gasteiger partial charge in [0.05, 0.1) is 6.04 Å². The zero-order valence-electron chi connectivity index (χ0n) is 16.0. The Morgan fingerprint density at radius 2 is 1.73 bits per heavy atom. The van der Waals surface area contributed by atoms with Crippen molar-refractivity contribution in [1.29, 1.82) is 0 Å². The minimum Gasteiger partial charge on any atom is -0.378 e. The maximum absolute atomic E-state index is 12.6. The molecule has 1 fully saturated rings. The number of carbonyl (C=O) groups is 1. The maximum Gasteiger partial charge on any atom is 0.251 e. The predicted octanol–water partition coefficient (Wildman–Crippen LogP) is 3.63. The van der Waals surface area contributed by atoms with Gasteiger partial charge in [-0.1, -0.05) is 30.3 Å². The van der Waals surface area contributed by atoms with Gasteiger partial charge in [-0.3, -0.25) is 9.69 Å². The lowest BCUT2D eigenvalue weighted by atomic mass is 10.0. The summed E-state index contributed by atoms with van der Waals surface area (Å²) in [4.78, 5) is 17.2. The number of amides is 1. The van der Waals surface area contributed by atoms with Gasteiger partial charge in [-0.15, -0.1) is 0 Å². The molecule has 1 saturated heterocycles. The number of nitrogens with one attached hydrogen (secondary N) is 1. The van der Waals surface area contributed by atoms with E-state index in [1.54, 1.807) is 0 Å². The van der Waals surface area contributed by atoms with Crippen LogP contribution in [0.2, 0.25) is 0 Å². The van der Waals surface area contributed by atoms with Gasteiger partial charge in [-0.2, -0.15) is 0 Å². The van der Waals surface area contributed by atoms with Gasteiger partial charge in [0.15, 0.2) is 0 Å². The largest absolute Gasteiger partial charge is 0.378 e. The van der Waals surface area contributed by atoms with E-state index in [0.29, 0.717) is 6.54 Å². The maximum atomic E-state index is 12.6. The Balaban J connectivity index is 1.74. The Morgan fingerprint density at radius 3 is 2.35 bits per heavy atom. The molecule has 0 aliphatic carbocycles. The van der Waals surface area contributed by atoms with Crippen molar-refractivity contribution in [2.24, 2.45) is 0 Å². The molecule has 3 rings (SSSR count). The molecule has 138 valence electrons. The van der Waals surface area contributed by atoms with E-state index in [2.05, 4.69) is 53.5 Å². The molecule has 1 N–H and O–H groups in total. The van der Waals surface area contributed by atoms with Crippen LogP contribution >= 0.6 is 0 Å². The topological polar surface area (TPSA) is 35.6 Å². The summed E-state index contributed by atoms with van der Waals surface area (Å²) < 4.78 is 0. The first-order chi connectivity index (χ1) is 12.6. The molecule has 26 heavy (non-hydrogen) atoms. The normalized spacial score (nSPS) is 15.7. The lowest BCUT2D eigenvalue weighted by molar-refractivity contribution is 0.0937. The molecule has 1 atom stereocenters. The zero-order valence-corrected chi connectivity index (χ0v) is 16.0. The van der Waals surface area contributed by atoms with Crippen molar-refractivity contribution in [3.8, 4) is 0 Å². The summed E-state index contributed by atoms with van der Waals surface area (Å²) in [5, 5.41) is 3.16. The second kappa shape index (κ2) is 8.37. The third-order valence-electron chi connectivity index (χ3n) is 5.22. The van der Waals surface area contributed by atoms with Crippen LogP contribution in [0.3, 0.4) is 0 Å². The van der Waals surface area contributed by atoms with Crippen LogP contribution in [0.5, 0.6) is 0 Å². The lowest BCUT2D eigenvalue weighted by Crippen LogP contribution is -2.37. The fourth-order valence-electron chi connectivity index (χ4n) is 3.62. The highest BCUT2D eigenvalue weighted by Crippen LogP contribution is 2.26. The van der Waals surface area contributed by atoms with E-state index in [1.165, 1.54) is 24.1 Å². The summed E-state index contributed by atoms with van der Waals surface area (Å²) in [6, 6.07) is 16.7. The number of rotatable bonds is 6. The van der Waals surface area contributed by atoms with E-state index in [9.17, 15) is 4.79 Å². The average Bonchev–Trinajstić information content (AvgIpc) is 3.17. The summed E-state index contributed by atoms with van der Waals surface area (Å²) in [6.07, 6.45) is 2.47. The van der Waals surface area contributed by atoms with Crippen molar-refractivity contribution in [2.45, 2.75) is 25.8 Å². The number of benzene rings is 2. The molecule has 1 amide bonds. The van der Waals surface area contributed by atoms with Crippen LogP contribution in [-0.2, 0) is 0 Å². The van der Waals surface area contributed by atoms with Crippen LogP contribution in [0.15, 0.2) is 48.5 Å². The summed E-state index contributed by atoms with van der Waals surface area (Å²) in [6.45, 7) is 4.81. The number of hydrogen-bond donors (Lipinski definition) is 1. The zero-order chi connectivity index (χ0) is 18.5. The summed E-state index contributed by atoms with van der Waals surface area (Å²) in [5.41, 5.74) is 4.23. The van der Waals surface area contributed by atoms with Gasteiger partial charge in [0, 0.05) is 31.9 Å². The Labute approximate surface area is 156 Å². The molecule has 2 aromatic carbocycles. The fourth-order valence-corrected chi connectivity index (χ4v) is 3.62. The Morgan fingerprint density at radius 1 is 1.08 bits per heavy atom. The highest BCUT2D eigenvalue weighted by molar-refractivity contribution is 5.95. The van der Waals surface area contributed by atoms with Crippen molar-refractivity contribution in [3.05, 3.63) is 65.2 Å². The molecule has 2 aromatic rings. The molecule has 0 spiro atoms. The second-order valence-electron chi connectivity index (χ2n) is 7.27. The van der Waals surface area contributed by atoms with Crippen molar-refractivity contribution >= 4 is 11.6 Å². The van der Waals surface area contributed by atoms with Crippen LogP contribution in [0.1, 0.15) is 40.4 Å². The molecule has 0 aromatic heterocycles. The third-order valence-corrected chi connectivity index (χ3v) is 5.22. The molecule has 4 nitrogen and oxygen atoms in total. The van der Waals surface area contributed by atoms with Gasteiger partial charge in [0.25, 0.3) is 5.91 Å². The standard InChI is InChI=1S/C22H29N3O/c1-17-8-4-5-9-20(17)22(26)23-16-21(25-14-6-7-15-25)18-10-12-19(13-11-18)24(2)3/h4-5,8-13,21H,6-7,14-16H2,1-3H3,(H,23,26)/t21-/m1/s1. The number of anilines is 1. The van der Waals surface area contributed by atoms with Gasteiger partial charge in [-0.25, -0.2) is 0 Å². The molecule has 1 aliphatic heterocycles. The highest BCUT2D eigenvalue weighted by atomic mass is 16.1. The molecule has 1 heterocycles. The minimum atomic E-state index is 0.0113. The third kappa shape index (κ3) is 4.25. The van der Waals surface area contributed by atoms with Crippen molar-refractivity contribution in [1.82, 2.24) is 10.2 Å². The molecule has 0 radical (unpaired) electrons. The number of likely N-dealkylation sites (tertiary alicyclic amines) is 1. The Kier molecular flexibility index (Phi) is 5.94.